The molecular formula is C23H29N3O5. The summed E-state index contributed by atoms with van der Waals surface area (Å²) < 4.78 is 12.6. The molecule has 1 aliphatic heterocycles. The number of aliphatic hydroxyl groups excluding tert-OH is 1. The van der Waals surface area contributed by atoms with Crippen molar-refractivity contribution in [3.63, 3.8) is 0 Å². The second kappa shape index (κ2) is 8.70. The van der Waals surface area contributed by atoms with Gasteiger partial charge in [-0.05, 0) is 43.7 Å². The highest BCUT2D eigenvalue weighted by Gasteiger charge is 2.44. The standard InChI is InChI=1S/C23H29N3O5/c1-14-15(11-25(2)24-14)10-22(28)26-12-16-8-19(27)21(9-17(16)13-26)31-20-7-5-4-6-18(20)23(29)30-3/h4-7,11,16-17,19,21,27H,8-10,12-13H2,1-3H3/t16-,17+,19+,21+/m0/s1. The summed E-state index contributed by atoms with van der Waals surface area (Å²) in [5.74, 6) is 0.549. The average molecular weight is 428 g/mol. The number of nitrogens with zero attached hydrogens (tertiary/aromatic N) is 3. The van der Waals surface area contributed by atoms with Crippen molar-refractivity contribution < 1.29 is 24.2 Å². The van der Waals surface area contributed by atoms with E-state index in [0.717, 1.165) is 11.3 Å². The van der Waals surface area contributed by atoms with Gasteiger partial charge in [0, 0.05) is 31.9 Å². The number of benzene rings is 1. The van der Waals surface area contributed by atoms with Gasteiger partial charge in [-0.25, -0.2) is 4.79 Å². The van der Waals surface area contributed by atoms with Gasteiger partial charge in [-0.2, -0.15) is 5.10 Å². The summed E-state index contributed by atoms with van der Waals surface area (Å²) in [4.78, 5) is 26.8. The maximum atomic E-state index is 12.9. The Balaban J connectivity index is 1.41. The highest BCUT2D eigenvalue weighted by Crippen LogP contribution is 2.38. The quantitative estimate of drug-likeness (QED) is 0.731. The summed E-state index contributed by atoms with van der Waals surface area (Å²) in [5.41, 5.74) is 2.16. The summed E-state index contributed by atoms with van der Waals surface area (Å²) in [7, 11) is 3.18. The number of rotatable bonds is 5. The second-order valence-electron chi connectivity index (χ2n) is 8.59. The van der Waals surface area contributed by atoms with Gasteiger partial charge >= 0.3 is 5.97 Å². The lowest BCUT2D eigenvalue weighted by molar-refractivity contribution is -0.129. The van der Waals surface area contributed by atoms with Crippen LogP contribution in [0.5, 0.6) is 5.75 Å². The molecule has 8 heteroatoms. The Kier molecular flexibility index (Phi) is 6.00. The number of carbonyl (C=O) groups is 2. The number of aryl methyl sites for hydroxylation is 2. The van der Waals surface area contributed by atoms with Crippen molar-refractivity contribution >= 4 is 11.9 Å². The number of ether oxygens (including phenoxy) is 2. The molecule has 0 bridgehead atoms. The van der Waals surface area contributed by atoms with Crippen LogP contribution in [0, 0.1) is 18.8 Å². The molecule has 1 aromatic carbocycles. The minimum absolute atomic E-state index is 0.0912. The van der Waals surface area contributed by atoms with E-state index in [-0.39, 0.29) is 17.7 Å². The zero-order valence-corrected chi connectivity index (χ0v) is 18.2. The van der Waals surface area contributed by atoms with E-state index in [9.17, 15) is 14.7 Å². The highest BCUT2D eigenvalue weighted by atomic mass is 16.5. The molecule has 1 saturated carbocycles. The first kappa shape index (κ1) is 21.4. The fourth-order valence-corrected chi connectivity index (χ4v) is 4.83. The van der Waals surface area contributed by atoms with E-state index in [4.69, 9.17) is 9.47 Å². The van der Waals surface area contributed by atoms with Gasteiger partial charge < -0.3 is 19.5 Å². The number of amides is 1. The van der Waals surface area contributed by atoms with Crippen molar-refractivity contribution in [2.45, 2.75) is 38.4 Å². The third kappa shape index (κ3) is 4.44. The molecule has 31 heavy (non-hydrogen) atoms. The van der Waals surface area contributed by atoms with Gasteiger partial charge in [-0.1, -0.05) is 12.1 Å². The van der Waals surface area contributed by atoms with Crippen LogP contribution in [-0.2, 0) is 23.0 Å². The Bertz CT molecular complexity index is 972. The first-order valence-electron chi connectivity index (χ1n) is 10.6. The fraction of sp³-hybridized carbons (Fsp3) is 0.522. The van der Waals surface area contributed by atoms with Crippen LogP contribution in [0.1, 0.15) is 34.5 Å². The van der Waals surface area contributed by atoms with Crippen LogP contribution in [0.2, 0.25) is 0 Å². The van der Waals surface area contributed by atoms with Crippen molar-refractivity contribution in [3.05, 3.63) is 47.3 Å². The second-order valence-corrected chi connectivity index (χ2v) is 8.59. The first-order chi connectivity index (χ1) is 14.9. The van der Waals surface area contributed by atoms with E-state index in [2.05, 4.69) is 5.10 Å². The Hall–Kier alpha value is -2.87. The summed E-state index contributed by atoms with van der Waals surface area (Å²) in [5, 5.41) is 15.0. The van der Waals surface area contributed by atoms with Gasteiger partial charge in [0.1, 0.15) is 17.4 Å². The Labute approximate surface area is 181 Å². The van der Waals surface area contributed by atoms with Crippen LogP contribution in [0.15, 0.2) is 30.5 Å². The van der Waals surface area contributed by atoms with Crippen molar-refractivity contribution in [1.82, 2.24) is 14.7 Å². The molecule has 4 rings (SSSR count). The average Bonchev–Trinajstić information content (AvgIpc) is 3.29. The van der Waals surface area contributed by atoms with Crippen LogP contribution in [0.4, 0.5) is 0 Å². The van der Waals surface area contributed by atoms with Gasteiger partial charge in [0.2, 0.25) is 5.91 Å². The number of esters is 1. The minimum Gasteiger partial charge on any atom is -0.487 e. The van der Waals surface area contributed by atoms with Crippen LogP contribution >= 0.6 is 0 Å². The molecule has 0 spiro atoms. The lowest BCUT2D eigenvalue weighted by atomic mass is 9.78. The third-order valence-corrected chi connectivity index (χ3v) is 6.47. The number of aromatic nitrogens is 2. The molecule has 1 aromatic heterocycles. The van der Waals surface area contributed by atoms with Crippen molar-refractivity contribution in [1.29, 1.82) is 0 Å². The van der Waals surface area contributed by atoms with Crippen molar-refractivity contribution in [3.8, 4) is 5.75 Å². The van der Waals surface area contributed by atoms with Crippen LogP contribution in [0.3, 0.4) is 0 Å². The molecule has 8 nitrogen and oxygen atoms in total. The zero-order chi connectivity index (χ0) is 22.1. The van der Waals surface area contributed by atoms with Gasteiger partial charge in [-0.15, -0.1) is 0 Å². The molecule has 1 aliphatic carbocycles. The van der Waals surface area contributed by atoms with E-state index in [1.807, 2.05) is 25.1 Å². The number of aliphatic hydroxyl groups is 1. The Morgan fingerprint density at radius 2 is 1.90 bits per heavy atom. The molecule has 2 aliphatic rings. The molecule has 2 heterocycles. The van der Waals surface area contributed by atoms with Gasteiger partial charge in [0.15, 0.2) is 0 Å². The van der Waals surface area contributed by atoms with Crippen LogP contribution in [-0.4, -0.2) is 64.1 Å². The summed E-state index contributed by atoms with van der Waals surface area (Å²) >= 11 is 0. The van der Waals surface area contributed by atoms with Gasteiger partial charge in [0.05, 0.1) is 25.3 Å². The van der Waals surface area contributed by atoms with Gasteiger partial charge in [-0.3, -0.25) is 9.48 Å². The molecule has 4 atom stereocenters. The van der Waals surface area contributed by atoms with Gasteiger partial charge in [0.25, 0.3) is 0 Å². The molecule has 2 fully saturated rings. The molecule has 1 amide bonds. The maximum absolute atomic E-state index is 12.9. The number of hydrogen-bond donors (Lipinski definition) is 1. The summed E-state index contributed by atoms with van der Waals surface area (Å²) in [6.45, 7) is 3.23. The van der Waals surface area contributed by atoms with Crippen LogP contribution < -0.4 is 4.74 Å². The number of hydrogen-bond acceptors (Lipinski definition) is 6. The Morgan fingerprint density at radius 3 is 2.58 bits per heavy atom. The lowest BCUT2D eigenvalue weighted by Gasteiger charge is -2.35. The monoisotopic (exact) mass is 427 g/mol. The number of para-hydroxylation sites is 1. The fourth-order valence-electron chi connectivity index (χ4n) is 4.83. The molecular weight excluding hydrogens is 398 g/mol. The molecule has 1 saturated heterocycles. The number of methoxy groups -OCH3 is 1. The van der Waals surface area contributed by atoms with E-state index in [1.165, 1.54) is 7.11 Å². The summed E-state index contributed by atoms with van der Waals surface area (Å²) in [6.07, 6.45) is 2.37. The largest absolute Gasteiger partial charge is 0.487 e. The molecule has 2 aromatic rings. The molecule has 1 N–H and O–H groups in total. The predicted octanol–water partition coefficient (Wildman–Crippen LogP) is 1.73. The maximum Gasteiger partial charge on any atom is 0.341 e. The zero-order valence-electron chi connectivity index (χ0n) is 18.2. The topological polar surface area (TPSA) is 93.9 Å². The SMILES string of the molecule is COC(=O)c1ccccc1O[C@@H]1C[C@@H]2CN(C(=O)Cc3cn(C)nc3C)C[C@@H]2C[C@H]1O. The minimum atomic E-state index is -0.650. The molecule has 0 radical (unpaired) electrons. The van der Waals surface area contributed by atoms with Crippen LogP contribution in [0.25, 0.3) is 0 Å². The number of likely N-dealkylation sites (tertiary alicyclic amines) is 1. The Morgan fingerprint density at radius 1 is 1.19 bits per heavy atom. The van der Waals surface area contributed by atoms with Crippen molar-refractivity contribution in [2.24, 2.45) is 18.9 Å². The lowest BCUT2D eigenvalue weighted by Crippen LogP contribution is -2.42. The molecule has 0 unspecified atom stereocenters. The smallest absolute Gasteiger partial charge is 0.341 e. The van der Waals surface area contributed by atoms with E-state index in [1.54, 1.807) is 28.9 Å². The molecule has 166 valence electrons. The number of fused-ring (bicyclic) bond motifs is 1. The predicted molar refractivity (Wildman–Crippen MR) is 113 cm³/mol. The van der Waals surface area contributed by atoms with E-state index in [0.29, 0.717) is 43.7 Å². The number of carbonyl (C=O) groups excluding carboxylic acids is 2. The van der Waals surface area contributed by atoms with E-state index < -0.39 is 18.2 Å². The summed E-state index contributed by atoms with van der Waals surface area (Å²) in [6, 6.07) is 6.90. The third-order valence-electron chi connectivity index (χ3n) is 6.47. The van der Waals surface area contributed by atoms with Crippen molar-refractivity contribution in [2.75, 3.05) is 20.2 Å². The highest BCUT2D eigenvalue weighted by molar-refractivity contribution is 5.92. The normalized spacial score (nSPS) is 25.2. The first-order valence-corrected chi connectivity index (χ1v) is 10.6. The van der Waals surface area contributed by atoms with E-state index >= 15 is 0 Å².